The van der Waals surface area contributed by atoms with Gasteiger partial charge in [-0.15, -0.1) is 0 Å². The van der Waals surface area contributed by atoms with Crippen LogP contribution in [0.3, 0.4) is 0 Å². The topological polar surface area (TPSA) is 88.7 Å². The summed E-state index contributed by atoms with van der Waals surface area (Å²) in [7, 11) is 0. The van der Waals surface area contributed by atoms with E-state index in [1.54, 1.807) is 26.8 Å². The van der Waals surface area contributed by atoms with Crippen LogP contribution in [0.15, 0.2) is 30.5 Å². The van der Waals surface area contributed by atoms with Gasteiger partial charge in [0, 0.05) is 23.7 Å². The number of ether oxygens (including phenoxy) is 2. The molecule has 1 aromatic carbocycles. The van der Waals surface area contributed by atoms with E-state index in [0.29, 0.717) is 11.3 Å². The maximum Gasteiger partial charge on any atom is 0.354 e. The molecule has 1 aromatic heterocycles. The van der Waals surface area contributed by atoms with Gasteiger partial charge >= 0.3 is 11.9 Å². The number of carbonyl (C=O) groups excluding carboxylic acids is 3. The van der Waals surface area contributed by atoms with Crippen LogP contribution < -0.4 is 0 Å². The summed E-state index contributed by atoms with van der Waals surface area (Å²) in [6.07, 6.45) is 0.876. The Morgan fingerprint density at radius 2 is 1.82 bits per heavy atom. The average molecular weight is 460 g/mol. The summed E-state index contributed by atoms with van der Waals surface area (Å²) in [5.41, 5.74) is 0.318. The zero-order chi connectivity index (χ0) is 24.5. The van der Waals surface area contributed by atoms with Gasteiger partial charge in [0.2, 0.25) is 0 Å². The molecular formula is C24H26F2N2O5. The highest BCUT2D eigenvalue weighted by Gasteiger charge is 2.37. The van der Waals surface area contributed by atoms with E-state index in [9.17, 15) is 23.2 Å². The minimum absolute atomic E-state index is 0.0238. The van der Waals surface area contributed by atoms with Crippen LogP contribution in [0, 0.1) is 11.6 Å². The van der Waals surface area contributed by atoms with Gasteiger partial charge in [-0.1, -0.05) is 13.8 Å². The fourth-order valence-electron chi connectivity index (χ4n) is 3.65. The molecule has 0 radical (unpaired) electrons. The van der Waals surface area contributed by atoms with Crippen molar-refractivity contribution in [2.24, 2.45) is 0 Å². The molecule has 0 unspecified atom stereocenters. The quantitative estimate of drug-likeness (QED) is 0.676. The number of amides is 1. The molecule has 0 fully saturated rings. The molecule has 9 heteroatoms. The van der Waals surface area contributed by atoms with Crippen LogP contribution in [0.4, 0.5) is 8.78 Å². The van der Waals surface area contributed by atoms with Gasteiger partial charge < -0.3 is 19.4 Å². The summed E-state index contributed by atoms with van der Waals surface area (Å²) in [5, 5.41) is 0. The van der Waals surface area contributed by atoms with Crippen molar-refractivity contribution in [2.75, 3.05) is 13.2 Å². The van der Waals surface area contributed by atoms with E-state index < -0.39 is 41.0 Å². The number of hydrogen-bond acceptors (Lipinski definition) is 5. The highest BCUT2D eigenvalue weighted by molar-refractivity contribution is 6.17. The number of fused-ring (bicyclic) bond motifs is 1. The van der Waals surface area contributed by atoms with Crippen molar-refractivity contribution in [2.45, 2.75) is 46.1 Å². The molecule has 0 bridgehead atoms. The summed E-state index contributed by atoms with van der Waals surface area (Å²) in [5.74, 6) is -4.12. The number of aromatic nitrogens is 1. The maximum atomic E-state index is 13.8. The summed E-state index contributed by atoms with van der Waals surface area (Å²) in [6.45, 7) is 9.00. The second-order valence-corrected chi connectivity index (χ2v) is 8.63. The molecule has 1 aliphatic heterocycles. The van der Waals surface area contributed by atoms with Gasteiger partial charge in [-0.2, -0.15) is 0 Å². The van der Waals surface area contributed by atoms with Gasteiger partial charge in [-0.3, -0.25) is 4.79 Å². The molecular weight excluding hydrogens is 434 g/mol. The molecule has 0 spiro atoms. The number of H-pyrrole nitrogens is 1. The minimum Gasteiger partial charge on any atom is -0.461 e. The molecule has 1 amide bonds. The fraction of sp³-hybridized carbons (Fsp3) is 0.375. The normalized spacial score (nSPS) is 14.9. The molecule has 1 aliphatic rings. The Bertz CT molecular complexity index is 1130. The SMILES string of the molecule is CCOC(=O)c1cc2c([nH]1)C(C(=O)OC(C)C)=CN(C(=O)c1ccc(F)c(F)c1)CC2(C)C. The van der Waals surface area contributed by atoms with E-state index in [2.05, 4.69) is 4.98 Å². The molecule has 33 heavy (non-hydrogen) atoms. The number of halogens is 2. The van der Waals surface area contributed by atoms with Gasteiger partial charge in [0.05, 0.1) is 24.0 Å². The number of aromatic amines is 1. The van der Waals surface area contributed by atoms with E-state index in [0.717, 1.165) is 12.1 Å². The standard InChI is InChI=1S/C24H26F2N2O5/c1-6-32-23(31)19-10-16-20(27-19)15(22(30)33-13(2)3)11-28(12-24(16,4)5)21(29)14-7-8-17(25)18(26)9-14/h7-11,13,27H,6,12H2,1-5H3. The largest absolute Gasteiger partial charge is 0.461 e. The number of hydrogen-bond donors (Lipinski definition) is 1. The lowest BCUT2D eigenvalue weighted by molar-refractivity contribution is -0.140. The third kappa shape index (κ3) is 4.97. The van der Waals surface area contributed by atoms with Crippen molar-refractivity contribution < 1.29 is 32.6 Å². The zero-order valence-electron chi connectivity index (χ0n) is 19.1. The van der Waals surface area contributed by atoms with Crippen LogP contribution in [0.25, 0.3) is 5.57 Å². The second-order valence-electron chi connectivity index (χ2n) is 8.63. The molecule has 3 rings (SSSR count). The fourth-order valence-corrected chi connectivity index (χ4v) is 3.65. The van der Waals surface area contributed by atoms with Crippen LogP contribution in [0.2, 0.25) is 0 Å². The van der Waals surface area contributed by atoms with Crippen LogP contribution in [0.5, 0.6) is 0 Å². The molecule has 2 heterocycles. The van der Waals surface area contributed by atoms with Gasteiger partial charge in [0.25, 0.3) is 5.91 Å². The smallest absolute Gasteiger partial charge is 0.354 e. The van der Waals surface area contributed by atoms with Gasteiger partial charge in [-0.25, -0.2) is 18.4 Å². The van der Waals surface area contributed by atoms with Crippen molar-refractivity contribution in [3.05, 3.63) is 64.6 Å². The molecule has 2 aromatic rings. The van der Waals surface area contributed by atoms with Gasteiger partial charge in [-0.05, 0) is 50.6 Å². The van der Waals surface area contributed by atoms with Crippen molar-refractivity contribution in [3.63, 3.8) is 0 Å². The number of rotatable bonds is 5. The zero-order valence-corrected chi connectivity index (χ0v) is 19.1. The Morgan fingerprint density at radius 3 is 2.42 bits per heavy atom. The number of benzene rings is 1. The Kier molecular flexibility index (Phi) is 6.71. The summed E-state index contributed by atoms with van der Waals surface area (Å²) < 4.78 is 37.5. The first-order valence-electron chi connectivity index (χ1n) is 10.5. The first kappa shape index (κ1) is 24.2. The monoisotopic (exact) mass is 460 g/mol. The first-order chi connectivity index (χ1) is 15.4. The van der Waals surface area contributed by atoms with Crippen LogP contribution in [-0.2, 0) is 19.7 Å². The minimum atomic E-state index is -1.15. The number of nitrogens with zero attached hydrogens (tertiary/aromatic N) is 1. The number of carbonyl (C=O) groups is 3. The third-order valence-corrected chi connectivity index (χ3v) is 5.15. The van der Waals surface area contributed by atoms with E-state index in [1.807, 2.05) is 13.8 Å². The van der Waals surface area contributed by atoms with E-state index in [4.69, 9.17) is 9.47 Å². The van der Waals surface area contributed by atoms with Crippen LogP contribution in [0.1, 0.15) is 66.7 Å². The predicted molar refractivity (Wildman–Crippen MR) is 116 cm³/mol. The van der Waals surface area contributed by atoms with Crippen LogP contribution in [-0.4, -0.2) is 47.0 Å². The summed E-state index contributed by atoms with van der Waals surface area (Å²) in [6, 6.07) is 4.46. The Hall–Kier alpha value is -3.49. The lowest BCUT2D eigenvalue weighted by Gasteiger charge is -2.29. The molecule has 0 aliphatic carbocycles. The lowest BCUT2D eigenvalue weighted by Crippen LogP contribution is -2.37. The van der Waals surface area contributed by atoms with Gasteiger partial charge in [0.15, 0.2) is 11.6 Å². The number of esters is 2. The Labute approximate surface area is 190 Å². The second kappa shape index (κ2) is 9.17. The molecule has 7 nitrogen and oxygen atoms in total. The van der Waals surface area contributed by atoms with E-state index in [-0.39, 0.29) is 30.0 Å². The molecule has 176 valence electrons. The molecule has 1 N–H and O–H groups in total. The van der Waals surface area contributed by atoms with Gasteiger partial charge in [0.1, 0.15) is 5.69 Å². The van der Waals surface area contributed by atoms with Crippen molar-refractivity contribution in [1.82, 2.24) is 9.88 Å². The van der Waals surface area contributed by atoms with Crippen LogP contribution >= 0.6 is 0 Å². The molecule has 0 saturated carbocycles. The Balaban J connectivity index is 2.13. The first-order valence-corrected chi connectivity index (χ1v) is 10.5. The maximum absolute atomic E-state index is 13.8. The van der Waals surface area contributed by atoms with Crippen molar-refractivity contribution >= 4 is 23.4 Å². The van der Waals surface area contributed by atoms with E-state index in [1.165, 1.54) is 17.2 Å². The molecule has 0 saturated heterocycles. The summed E-state index contributed by atoms with van der Waals surface area (Å²) in [4.78, 5) is 42.7. The van der Waals surface area contributed by atoms with E-state index >= 15 is 0 Å². The lowest BCUT2D eigenvalue weighted by atomic mass is 9.83. The number of nitrogens with one attached hydrogen (secondary N) is 1. The van der Waals surface area contributed by atoms with Crippen molar-refractivity contribution in [1.29, 1.82) is 0 Å². The van der Waals surface area contributed by atoms with Crippen molar-refractivity contribution in [3.8, 4) is 0 Å². The average Bonchev–Trinajstić information content (AvgIpc) is 3.14. The predicted octanol–water partition coefficient (Wildman–Crippen LogP) is 4.20. The Morgan fingerprint density at radius 1 is 1.12 bits per heavy atom. The highest BCUT2D eigenvalue weighted by atomic mass is 19.2. The summed E-state index contributed by atoms with van der Waals surface area (Å²) >= 11 is 0. The third-order valence-electron chi connectivity index (χ3n) is 5.15. The molecule has 0 atom stereocenters. The highest BCUT2D eigenvalue weighted by Crippen LogP contribution is 2.37.